The molecule has 0 saturated heterocycles. The Bertz CT molecular complexity index is 1170. The first-order chi connectivity index (χ1) is 14.1. The molecule has 2 atom stereocenters. The van der Waals surface area contributed by atoms with Gasteiger partial charge in [0.25, 0.3) is 10.0 Å². The number of benzene rings is 3. The van der Waals surface area contributed by atoms with Gasteiger partial charge in [-0.15, -0.1) is 0 Å². The third-order valence-corrected chi connectivity index (χ3v) is 7.68. The fourth-order valence-corrected chi connectivity index (χ4v) is 6.26. The molecule has 29 heavy (non-hydrogen) atoms. The molecular weight excluding hydrogens is 386 g/mol. The van der Waals surface area contributed by atoms with E-state index in [1.54, 1.807) is 18.2 Å². The lowest BCUT2D eigenvalue weighted by Crippen LogP contribution is -2.37. The molecule has 0 fully saturated rings. The number of aliphatic hydroxyl groups is 1. The van der Waals surface area contributed by atoms with Crippen LogP contribution in [0.25, 0.3) is 10.8 Å². The number of anilines is 1. The molecule has 5 nitrogen and oxygen atoms in total. The standard InChI is InChI=1S/C23H23NO4S/c25-18(15-28-21-12-4-7-16-6-1-2-10-19(16)21)14-24-20-11-3-8-17-9-5-13-22(23(17)20)29(24,26)27/h1-3,5-6,8-11,13,18,21,25H,4,7,12,14-15H2. The van der Waals surface area contributed by atoms with Gasteiger partial charge < -0.3 is 9.84 Å². The molecule has 0 aromatic heterocycles. The Balaban J connectivity index is 1.33. The average molecular weight is 410 g/mol. The van der Waals surface area contributed by atoms with Gasteiger partial charge in [-0.1, -0.05) is 48.5 Å². The van der Waals surface area contributed by atoms with Crippen LogP contribution in [0.4, 0.5) is 5.69 Å². The predicted molar refractivity (Wildman–Crippen MR) is 113 cm³/mol. The Hall–Kier alpha value is -2.41. The van der Waals surface area contributed by atoms with Gasteiger partial charge in [0, 0.05) is 5.39 Å². The normalized spacial score (nSPS) is 20.6. The Kier molecular flexibility index (Phi) is 4.57. The first-order valence-corrected chi connectivity index (χ1v) is 11.4. The van der Waals surface area contributed by atoms with Crippen molar-refractivity contribution in [3.63, 3.8) is 0 Å². The van der Waals surface area contributed by atoms with Gasteiger partial charge in [-0.2, -0.15) is 0 Å². The molecule has 0 radical (unpaired) electrons. The molecule has 1 heterocycles. The zero-order valence-corrected chi connectivity index (χ0v) is 16.8. The van der Waals surface area contributed by atoms with Crippen molar-refractivity contribution in [2.45, 2.75) is 36.4 Å². The van der Waals surface area contributed by atoms with Crippen molar-refractivity contribution in [1.29, 1.82) is 0 Å². The Labute approximate surface area is 170 Å². The molecular formula is C23H23NO4S. The summed E-state index contributed by atoms with van der Waals surface area (Å²) >= 11 is 0. The number of fused-ring (bicyclic) bond motifs is 1. The summed E-state index contributed by atoms with van der Waals surface area (Å²) in [5.41, 5.74) is 3.10. The fourth-order valence-electron chi connectivity index (χ4n) is 4.51. The summed E-state index contributed by atoms with van der Waals surface area (Å²) < 4.78 is 33.4. The largest absolute Gasteiger partial charge is 0.389 e. The number of nitrogens with zero attached hydrogens (tertiary/aromatic N) is 1. The van der Waals surface area contributed by atoms with E-state index in [2.05, 4.69) is 12.1 Å². The van der Waals surface area contributed by atoms with Crippen molar-refractivity contribution < 1.29 is 18.3 Å². The highest BCUT2D eigenvalue weighted by atomic mass is 32.2. The average Bonchev–Trinajstić information content (AvgIpc) is 2.95. The maximum Gasteiger partial charge on any atom is 0.265 e. The topological polar surface area (TPSA) is 66.8 Å². The molecule has 3 aromatic rings. The van der Waals surface area contributed by atoms with Crippen LogP contribution in [0.1, 0.15) is 30.1 Å². The van der Waals surface area contributed by atoms with Crippen molar-refractivity contribution in [3.05, 3.63) is 71.8 Å². The van der Waals surface area contributed by atoms with Gasteiger partial charge in [0.2, 0.25) is 0 Å². The Morgan fingerprint density at radius 1 is 1.07 bits per heavy atom. The molecule has 3 aromatic carbocycles. The highest BCUT2D eigenvalue weighted by molar-refractivity contribution is 7.93. The highest BCUT2D eigenvalue weighted by Gasteiger charge is 2.36. The third-order valence-electron chi connectivity index (χ3n) is 5.86. The second kappa shape index (κ2) is 7.13. The maximum absolute atomic E-state index is 13.0. The summed E-state index contributed by atoms with van der Waals surface area (Å²) in [6.45, 7) is 0.0713. The summed E-state index contributed by atoms with van der Waals surface area (Å²) in [5.74, 6) is 0. The smallest absolute Gasteiger partial charge is 0.265 e. The lowest BCUT2D eigenvalue weighted by atomic mass is 9.89. The lowest BCUT2D eigenvalue weighted by molar-refractivity contribution is -0.0137. The van der Waals surface area contributed by atoms with Crippen LogP contribution < -0.4 is 4.31 Å². The van der Waals surface area contributed by atoms with E-state index in [-0.39, 0.29) is 19.3 Å². The van der Waals surface area contributed by atoms with Crippen LogP contribution in [-0.2, 0) is 21.2 Å². The van der Waals surface area contributed by atoms with Crippen LogP contribution in [0, 0.1) is 0 Å². The minimum Gasteiger partial charge on any atom is -0.389 e. The molecule has 0 spiro atoms. The molecule has 2 unspecified atom stereocenters. The number of aryl methyl sites for hydroxylation is 1. The lowest BCUT2D eigenvalue weighted by Gasteiger charge is -2.28. The number of ether oxygens (including phenoxy) is 1. The van der Waals surface area contributed by atoms with E-state index in [9.17, 15) is 13.5 Å². The SMILES string of the molecule is O=S1(=O)c2cccc3cccc(c23)N1CC(O)COC1CCCc2ccccc21. The summed E-state index contributed by atoms with van der Waals surface area (Å²) in [6, 6.07) is 19.1. The monoisotopic (exact) mass is 409 g/mol. The first-order valence-electron chi connectivity index (χ1n) is 9.97. The minimum atomic E-state index is -3.67. The van der Waals surface area contributed by atoms with E-state index in [1.165, 1.54) is 15.4 Å². The van der Waals surface area contributed by atoms with Crippen LogP contribution in [0.2, 0.25) is 0 Å². The number of aliphatic hydroxyl groups excluding tert-OH is 1. The van der Waals surface area contributed by atoms with Gasteiger partial charge in [-0.25, -0.2) is 8.42 Å². The van der Waals surface area contributed by atoms with Crippen molar-refractivity contribution in [1.82, 2.24) is 0 Å². The highest BCUT2D eigenvalue weighted by Crippen LogP contribution is 2.42. The van der Waals surface area contributed by atoms with Gasteiger partial charge >= 0.3 is 0 Å². The van der Waals surface area contributed by atoms with Gasteiger partial charge in [0.05, 0.1) is 35.9 Å². The molecule has 5 rings (SSSR count). The van der Waals surface area contributed by atoms with E-state index < -0.39 is 16.1 Å². The molecule has 2 aliphatic rings. The summed E-state index contributed by atoms with van der Waals surface area (Å²) in [5, 5.41) is 12.2. The molecule has 1 N–H and O–H groups in total. The van der Waals surface area contributed by atoms with E-state index in [0.29, 0.717) is 10.6 Å². The number of sulfonamides is 1. The van der Waals surface area contributed by atoms with Crippen LogP contribution in [0.5, 0.6) is 0 Å². The second-order valence-corrected chi connectivity index (χ2v) is 9.57. The van der Waals surface area contributed by atoms with Crippen molar-refractivity contribution in [2.24, 2.45) is 0 Å². The van der Waals surface area contributed by atoms with E-state index in [1.807, 2.05) is 30.3 Å². The Morgan fingerprint density at radius 2 is 1.86 bits per heavy atom. The zero-order valence-electron chi connectivity index (χ0n) is 16.0. The van der Waals surface area contributed by atoms with Crippen LogP contribution in [-0.4, -0.2) is 32.8 Å². The molecule has 0 bridgehead atoms. The molecule has 1 aliphatic carbocycles. The maximum atomic E-state index is 13.0. The van der Waals surface area contributed by atoms with Crippen LogP contribution in [0.15, 0.2) is 65.6 Å². The number of hydrogen-bond donors (Lipinski definition) is 1. The molecule has 1 aliphatic heterocycles. The molecule has 0 saturated carbocycles. The van der Waals surface area contributed by atoms with Crippen molar-refractivity contribution in [2.75, 3.05) is 17.5 Å². The number of β-amino-alcohol motifs (C(OH)–C–C–N with tert-alkyl or cyclic N) is 1. The molecule has 150 valence electrons. The van der Waals surface area contributed by atoms with Crippen molar-refractivity contribution >= 4 is 26.5 Å². The number of hydrogen-bond acceptors (Lipinski definition) is 4. The first kappa shape index (κ1) is 18.6. The third kappa shape index (κ3) is 3.12. The number of rotatable bonds is 5. The van der Waals surface area contributed by atoms with Gasteiger partial charge in [-0.3, -0.25) is 4.31 Å². The second-order valence-electron chi connectivity index (χ2n) is 7.73. The quantitative estimate of drug-likeness (QED) is 0.696. The van der Waals surface area contributed by atoms with E-state index in [0.717, 1.165) is 30.0 Å². The van der Waals surface area contributed by atoms with Crippen LogP contribution >= 0.6 is 0 Å². The summed E-state index contributed by atoms with van der Waals surface area (Å²) in [4.78, 5) is 0.305. The molecule has 0 amide bonds. The fraction of sp³-hybridized carbons (Fsp3) is 0.304. The van der Waals surface area contributed by atoms with Gasteiger partial charge in [-0.05, 0) is 47.9 Å². The van der Waals surface area contributed by atoms with Gasteiger partial charge in [0.1, 0.15) is 0 Å². The van der Waals surface area contributed by atoms with E-state index in [4.69, 9.17) is 4.74 Å². The summed E-state index contributed by atoms with van der Waals surface area (Å²) in [7, 11) is -3.67. The van der Waals surface area contributed by atoms with Gasteiger partial charge in [0.15, 0.2) is 0 Å². The molecule has 6 heteroatoms. The predicted octanol–water partition coefficient (Wildman–Crippen LogP) is 3.80. The summed E-state index contributed by atoms with van der Waals surface area (Å²) in [6.07, 6.45) is 2.05. The zero-order chi connectivity index (χ0) is 20.0. The Morgan fingerprint density at radius 3 is 2.72 bits per heavy atom. The van der Waals surface area contributed by atoms with Crippen LogP contribution in [0.3, 0.4) is 0 Å². The van der Waals surface area contributed by atoms with Crippen molar-refractivity contribution in [3.8, 4) is 0 Å². The van der Waals surface area contributed by atoms with E-state index >= 15 is 0 Å². The minimum absolute atomic E-state index is 0.0233.